The first kappa shape index (κ1) is 19.7. The molecule has 0 amide bonds. The zero-order chi connectivity index (χ0) is 20.5. The number of hydrogen-bond acceptors (Lipinski definition) is 6. The topological polar surface area (TPSA) is 81.3 Å². The van der Waals surface area contributed by atoms with E-state index in [1.807, 2.05) is 10.6 Å². The Kier molecular flexibility index (Phi) is 5.47. The number of aryl methyl sites for hydroxylation is 1. The van der Waals surface area contributed by atoms with Gasteiger partial charge in [0.2, 0.25) is 0 Å². The van der Waals surface area contributed by atoms with Crippen molar-refractivity contribution in [3.05, 3.63) is 67.1 Å². The number of aromatic nitrogens is 2. The lowest BCUT2D eigenvalue weighted by molar-refractivity contribution is -0.384. The second-order valence-electron chi connectivity index (χ2n) is 7.62. The molecule has 3 aromatic rings. The normalized spacial score (nSPS) is 15.8. The van der Waals surface area contributed by atoms with Gasteiger partial charge in [-0.3, -0.25) is 19.5 Å². The average molecular weight is 413 g/mol. The van der Waals surface area contributed by atoms with Crippen LogP contribution in [0.1, 0.15) is 42.1 Å². The van der Waals surface area contributed by atoms with E-state index in [0.717, 1.165) is 53.4 Å². The van der Waals surface area contributed by atoms with Crippen molar-refractivity contribution in [1.82, 2.24) is 14.5 Å². The van der Waals surface area contributed by atoms with Gasteiger partial charge in [-0.15, -0.1) is 11.3 Å². The molecule has 1 saturated heterocycles. The Hall–Kier alpha value is -2.58. The number of piperidine rings is 1. The summed E-state index contributed by atoms with van der Waals surface area (Å²) in [5.41, 5.74) is 1.02. The summed E-state index contributed by atoms with van der Waals surface area (Å²) in [5.74, 6) is 0.746. The minimum absolute atomic E-state index is 0.0393. The third-order valence-electron chi connectivity index (χ3n) is 5.63. The molecule has 3 heterocycles. The number of thiophene rings is 1. The molecule has 2 aromatic heterocycles. The lowest BCUT2D eigenvalue weighted by atomic mass is 10.0. The Bertz CT molecular complexity index is 1100. The minimum atomic E-state index is -0.402. The molecule has 0 aliphatic carbocycles. The zero-order valence-corrected chi connectivity index (χ0v) is 17.4. The van der Waals surface area contributed by atoms with Crippen LogP contribution >= 0.6 is 11.3 Å². The molecule has 0 N–H and O–H groups in total. The van der Waals surface area contributed by atoms with Crippen molar-refractivity contribution in [2.45, 2.75) is 38.6 Å². The number of nitrogens with zero attached hydrogens (tertiary/aromatic N) is 4. The molecule has 0 unspecified atom stereocenters. The highest BCUT2D eigenvalue weighted by atomic mass is 32.1. The summed E-state index contributed by atoms with van der Waals surface area (Å²) < 4.78 is 1.89. The van der Waals surface area contributed by atoms with E-state index in [1.54, 1.807) is 23.5 Å². The smallest absolute Gasteiger partial charge is 0.269 e. The number of likely N-dealkylation sites (tertiary alicyclic amines) is 1. The van der Waals surface area contributed by atoms with E-state index in [4.69, 9.17) is 4.98 Å². The maximum atomic E-state index is 13.4. The summed E-state index contributed by atoms with van der Waals surface area (Å²) in [7, 11) is 2.10. The number of nitro benzene ring substituents is 1. The van der Waals surface area contributed by atoms with Crippen molar-refractivity contribution in [1.29, 1.82) is 0 Å². The molecule has 1 aliphatic heterocycles. The van der Waals surface area contributed by atoms with Crippen LogP contribution in [0.25, 0.3) is 10.2 Å². The van der Waals surface area contributed by atoms with Gasteiger partial charge in [-0.25, -0.2) is 4.98 Å². The maximum Gasteiger partial charge on any atom is 0.269 e. The Morgan fingerprint density at radius 1 is 1.24 bits per heavy atom. The minimum Gasteiger partial charge on any atom is -0.306 e. The summed E-state index contributed by atoms with van der Waals surface area (Å²) in [4.78, 5) is 33.1. The van der Waals surface area contributed by atoms with Gasteiger partial charge in [0.25, 0.3) is 11.2 Å². The Morgan fingerprint density at radius 3 is 2.55 bits per heavy atom. The Labute approximate surface area is 172 Å². The number of non-ortho nitro benzene ring substituents is 1. The standard InChI is InChI=1S/C21H24N4O3S/c1-3-17-13-18-20(29-17)22-19(12-14-4-6-16(7-5-14)25(27)28)24(21(18)26)15-8-10-23(2)11-9-15/h4-7,13,15H,3,8-12H2,1-2H3. The van der Waals surface area contributed by atoms with Crippen LogP contribution in [-0.2, 0) is 12.8 Å². The van der Waals surface area contributed by atoms with Crippen LogP contribution in [0.4, 0.5) is 5.69 Å². The molecular formula is C21H24N4O3S. The van der Waals surface area contributed by atoms with Crippen molar-refractivity contribution in [3.8, 4) is 0 Å². The summed E-state index contributed by atoms with van der Waals surface area (Å²) in [6, 6.07) is 8.63. The Morgan fingerprint density at radius 2 is 1.93 bits per heavy atom. The quantitative estimate of drug-likeness (QED) is 0.470. The summed E-state index contributed by atoms with van der Waals surface area (Å²) in [6.45, 7) is 3.99. The molecule has 0 saturated carbocycles. The third-order valence-corrected chi connectivity index (χ3v) is 6.81. The number of rotatable bonds is 5. The predicted octanol–water partition coefficient (Wildman–Crippen LogP) is 3.79. The average Bonchev–Trinajstić information content (AvgIpc) is 3.13. The monoisotopic (exact) mass is 412 g/mol. The van der Waals surface area contributed by atoms with Crippen molar-refractivity contribution in [2.75, 3.05) is 20.1 Å². The molecule has 29 heavy (non-hydrogen) atoms. The number of fused-ring (bicyclic) bond motifs is 1. The predicted molar refractivity (Wildman–Crippen MR) is 115 cm³/mol. The van der Waals surface area contributed by atoms with Crippen LogP contribution in [0.15, 0.2) is 35.1 Å². The maximum absolute atomic E-state index is 13.4. The van der Waals surface area contributed by atoms with Gasteiger partial charge in [-0.2, -0.15) is 0 Å². The summed E-state index contributed by atoms with van der Waals surface area (Å²) in [6.07, 6.45) is 3.20. The molecule has 1 aliphatic rings. The molecule has 8 heteroatoms. The van der Waals surface area contributed by atoms with E-state index in [9.17, 15) is 14.9 Å². The lowest BCUT2D eigenvalue weighted by Gasteiger charge is -2.31. The fourth-order valence-corrected chi connectivity index (χ4v) is 4.91. The molecular weight excluding hydrogens is 388 g/mol. The van der Waals surface area contributed by atoms with Crippen molar-refractivity contribution in [2.24, 2.45) is 0 Å². The second kappa shape index (κ2) is 8.04. The molecule has 152 valence electrons. The Balaban J connectivity index is 1.78. The van der Waals surface area contributed by atoms with Crippen LogP contribution in [0, 0.1) is 10.1 Å². The van der Waals surface area contributed by atoms with E-state index >= 15 is 0 Å². The van der Waals surface area contributed by atoms with Crippen molar-refractivity contribution >= 4 is 27.2 Å². The van der Waals surface area contributed by atoms with Gasteiger partial charge >= 0.3 is 0 Å². The van der Waals surface area contributed by atoms with E-state index in [0.29, 0.717) is 11.8 Å². The van der Waals surface area contributed by atoms with Gasteiger partial charge < -0.3 is 4.90 Å². The highest BCUT2D eigenvalue weighted by Gasteiger charge is 2.24. The third kappa shape index (κ3) is 3.95. The summed E-state index contributed by atoms with van der Waals surface area (Å²) in [5, 5.41) is 11.6. The van der Waals surface area contributed by atoms with Gasteiger partial charge in [-0.05, 0) is 51.0 Å². The number of nitro groups is 1. The fraction of sp³-hybridized carbons (Fsp3) is 0.429. The van der Waals surface area contributed by atoms with E-state index in [2.05, 4.69) is 18.9 Å². The van der Waals surface area contributed by atoms with Gasteiger partial charge in [0.1, 0.15) is 10.7 Å². The zero-order valence-electron chi connectivity index (χ0n) is 16.6. The molecule has 7 nitrogen and oxygen atoms in total. The van der Waals surface area contributed by atoms with Crippen LogP contribution in [-0.4, -0.2) is 39.5 Å². The van der Waals surface area contributed by atoms with E-state index < -0.39 is 4.92 Å². The van der Waals surface area contributed by atoms with Crippen LogP contribution in [0.3, 0.4) is 0 Å². The van der Waals surface area contributed by atoms with Crippen LogP contribution in [0.5, 0.6) is 0 Å². The molecule has 4 rings (SSSR count). The molecule has 0 bridgehead atoms. The highest BCUT2D eigenvalue weighted by molar-refractivity contribution is 7.18. The number of benzene rings is 1. The van der Waals surface area contributed by atoms with Gasteiger partial charge in [0.05, 0.1) is 10.3 Å². The second-order valence-corrected chi connectivity index (χ2v) is 8.74. The molecule has 0 atom stereocenters. The number of hydrogen-bond donors (Lipinski definition) is 0. The molecule has 1 aromatic carbocycles. The van der Waals surface area contributed by atoms with Crippen molar-refractivity contribution in [3.63, 3.8) is 0 Å². The highest BCUT2D eigenvalue weighted by Crippen LogP contribution is 2.27. The SMILES string of the molecule is CCc1cc2c(=O)n(C3CCN(C)CC3)c(Cc3ccc([N+](=O)[O-])cc3)nc2s1. The van der Waals surface area contributed by atoms with Crippen molar-refractivity contribution < 1.29 is 4.92 Å². The van der Waals surface area contributed by atoms with Crippen LogP contribution in [0.2, 0.25) is 0 Å². The van der Waals surface area contributed by atoms with Crippen LogP contribution < -0.4 is 5.56 Å². The molecule has 0 spiro atoms. The first-order valence-electron chi connectivity index (χ1n) is 9.92. The molecule has 0 radical (unpaired) electrons. The lowest BCUT2D eigenvalue weighted by Crippen LogP contribution is -2.37. The van der Waals surface area contributed by atoms with E-state index in [1.165, 1.54) is 12.1 Å². The fourth-order valence-electron chi connectivity index (χ4n) is 3.93. The summed E-state index contributed by atoms with van der Waals surface area (Å²) >= 11 is 1.58. The van der Waals surface area contributed by atoms with Gasteiger partial charge in [-0.1, -0.05) is 19.1 Å². The first-order valence-corrected chi connectivity index (χ1v) is 10.7. The van der Waals surface area contributed by atoms with E-state index in [-0.39, 0.29) is 17.3 Å². The van der Waals surface area contributed by atoms with Gasteiger partial charge in [0.15, 0.2) is 0 Å². The van der Waals surface area contributed by atoms with Gasteiger partial charge in [0, 0.05) is 29.5 Å². The first-order chi connectivity index (χ1) is 14.0. The molecule has 1 fully saturated rings. The largest absolute Gasteiger partial charge is 0.306 e.